The molecular formula is C11H16N4O. The van der Waals surface area contributed by atoms with E-state index in [1.807, 2.05) is 6.92 Å². The molecule has 0 aliphatic carbocycles. The van der Waals surface area contributed by atoms with E-state index < -0.39 is 0 Å². The van der Waals surface area contributed by atoms with Gasteiger partial charge in [0.15, 0.2) is 0 Å². The van der Waals surface area contributed by atoms with E-state index in [1.165, 1.54) is 0 Å². The Morgan fingerprint density at radius 1 is 1.44 bits per heavy atom. The average molecular weight is 220 g/mol. The van der Waals surface area contributed by atoms with Crippen molar-refractivity contribution in [3.63, 3.8) is 0 Å². The minimum absolute atomic E-state index is 0.0319. The molecule has 16 heavy (non-hydrogen) atoms. The molecule has 0 saturated carbocycles. The Hall–Kier alpha value is -1.20. The number of H-pyrrole nitrogens is 1. The lowest BCUT2D eigenvalue weighted by Gasteiger charge is -2.09. The normalized spacial score (nSPS) is 28.3. The molecule has 2 atom stereocenters. The van der Waals surface area contributed by atoms with Crippen LogP contribution in [0.1, 0.15) is 42.4 Å². The minimum Gasteiger partial charge on any atom is -0.316 e. The van der Waals surface area contributed by atoms with Crippen molar-refractivity contribution in [2.75, 3.05) is 13.1 Å². The quantitative estimate of drug-likeness (QED) is 0.623. The predicted octanol–water partition coefficient (Wildman–Crippen LogP) is 0.0110. The maximum absolute atomic E-state index is 11.9. The second-order valence-electron chi connectivity index (χ2n) is 4.60. The highest BCUT2D eigenvalue weighted by atomic mass is 16.1. The van der Waals surface area contributed by atoms with Crippen molar-refractivity contribution in [3.8, 4) is 0 Å². The number of rotatable bonds is 1. The highest BCUT2D eigenvalue weighted by molar-refractivity contribution is 5.26. The number of hydrogen-bond donors (Lipinski definition) is 3. The molecule has 1 aromatic rings. The largest absolute Gasteiger partial charge is 0.316 e. The van der Waals surface area contributed by atoms with Gasteiger partial charge in [0.25, 0.3) is 5.56 Å². The topological polar surface area (TPSA) is 69.8 Å². The maximum Gasteiger partial charge on any atom is 0.255 e. The van der Waals surface area contributed by atoms with Gasteiger partial charge in [-0.1, -0.05) is 0 Å². The van der Waals surface area contributed by atoms with Gasteiger partial charge in [-0.05, 0) is 19.9 Å². The zero-order valence-electron chi connectivity index (χ0n) is 9.34. The number of nitrogens with one attached hydrogen (secondary N) is 3. The van der Waals surface area contributed by atoms with Crippen molar-refractivity contribution in [3.05, 3.63) is 27.4 Å². The summed E-state index contributed by atoms with van der Waals surface area (Å²) in [7, 11) is 0. The lowest BCUT2D eigenvalue weighted by atomic mass is 10.1. The van der Waals surface area contributed by atoms with E-state index in [-0.39, 0.29) is 11.6 Å². The van der Waals surface area contributed by atoms with Crippen LogP contribution in [0.5, 0.6) is 0 Å². The first kappa shape index (κ1) is 9.99. The van der Waals surface area contributed by atoms with Crippen molar-refractivity contribution >= 4 is 0 Å². The first-order chi connectivity index (χ1) is 7.75. The van der Waals surface area contributed by atoms with Crippen LogP contribution in [0, 0.1) is 0 Å². The Labute approximate surface area is 93.7 Å². The van der Waals surface area contributed by atoms with Crippen molar-refractivity contribution in [2.24, 2.45) is 0 Å². The molecule has 86 valence electrons. The highest BCUT2D eigenvalue weighted by Gasteiger charge is 2.26. The Bertz CT molecular complexity index is 462. The molecule has 0 radical (unpaired) electrons. The summed E-state index contributed by atoms with van der Waals surface area (Å²) >= 11 is 0. The molecule has 1 aromatic heterocycles. The number of aromatic amines is 1. The molecule has 2 aliphatic rings. The van der Waals surface area contributed by atoms with Gasteiger partial charge in [0.05, 0.1) is 11.3 Å². The summed E-state index contributed by atoms with van der Waals surface area (Å²) < 4.78 is 0. The third kappa shape index (κ3) is 1.47. The highest BCUT2D eigenvalue weighted by Crippen LogP contribution is 2.23. The summed E-state index contributed by atoms with van der Waals surface area (Å²) in [5.74, 6) is 1.22. The first-order valence-corrected chi connectivity index (χ1v) is 5.83. The Balaban J connectivity index is 2.04. The third-order valence-electron chi connectivity index (χ3n) is 3.51. The summed E-state index contributed by atoms with van der Waals surface area (Å²) in [5, 5.41) is 6.53. The van der Waals surface area contributed by atoms with Crippen molar-refractivity contribution in [1.29, 1.82) is 0 Å². The predicted molar refractivity (Wildman–Crippen MR) is 60.3 cm³/mol. The molecule has 5 heteroatoms. The number of fused-ring (bicyclic) bond motifs is 1. The van der Waals surface area contributed by atoms with Crippen LogP contribution in [0.3, 0.4) is 0 Å². The van der Waals surface area contributed by atoms with E-state index in [2.05, 4.69) is 20.6 Å². The fourth-order valence-corrected chi connectivity index (χ4v) is 2.56. The molecule has 2 unspecified atom stereocenters. The van der Waals surface area contributed by atoms with Gasteiger partial charge in [0, 0.05) is 25.0 Å². The van der Waals surface area contributed by atoms with Crippen LogP contribution < -0.4 is 16.2 Å². The van der Waals surface area contributed by atoms with E-state index in [0.717, 1.165) is 36.6 Å². The summed E-state index contributed by atoms with van der Waals surface area (Å²) in [6.45, 7) is 4.65. The smallest absolute Gasteiger partial charge is 0.255 e. The fourth-order valence-electron chi connectivity index (χ4n) is 2.56. The van der Waals surface area contributed by atoms with E-state index in [9.17, 15) is 4.79 Å². The minimum atomic E-state index is 0.0319. The SMILES string of the molecule is CC1NCc2nc(C3CCNC3)[nH]c(=O)c21. The molecule has 3 rings (SSSR count). The summed E-state index contributed by atoms with van der Waals surface area (Å²) in [5.41, 5.74) is 1.78. The second-order valence-corrected chi connectivity index (χ2v) is 4.60. The Morgan fingerprint density at radius 2 is 2.31 bits per heavy atom. The fraction of sp³-hybridized carbons (Fsp3) is 0.636. The Kier molecular flexibility index (Phi) is 2.29. The van der Waals surface area contributed by atoms with Crippen LogP contribution in [0.2, 0.25) is 0 Å². The molecule has 1 saturated heterocycles. The molecule has 2 aliphatic heterocycles. The molecule has 0 amide bonds. The van der Waals surface area contributed by atoms with Gasteiger partial charge in [-0.3, -0.25) is 4.79 Å². The average Bonchev–Trinajstić information content (AvgIpc) is 2.87. The number of hydrogen-bond acceptors (Lipinski definition) is 4. The van der Waals surface area contributed by atoms with E-state index in [1.54, 1.807) is 0 Å². The standard InChI is InChI=1S/C11H16N4O/c1-6-9-8(5-13-6)14-10(15-11(9)16)7-2-3-12-4-7/h6-7,12-13H,2-5H2,1H3,(H,14,15,16). The van der Waals surface area contributed by atoms with E-state index in [4.69, 9.17) is 0 Å². The van der Waals surface area contributed by atoms with Gasteiger partial charge in [-0.25, -0.2) is 4.98 Å². The zero-order valence-corrected chi connectivity index (χ0v) is 9.34. The molecule has 5 nitrogen and oxygen atoms in total. The van der Waals surface area contributed by atoms with Crippen LogP contribution in [-0.2, 0) is 6.54 Å². The van der Waals surface area contributed by atoms with Gasteiger partial charge < -0.3 is 15.6 Å². The number of nitrogens with zero attached hydrogens (tertiary/aromatic N) is 1. The molecule has 3 N–H and O–H groups in total. The monoisotopic (exact) mass is 220 g/mol. The van der Waals surface area contributed by atoms with Gasteiger partial charge in [-0.15, -0.1) is 0 Å². The Morgan fingerprint density at radius 3 is 3.06 bits per heavy atom. The number of aromatic nitrogens is 2. The molecular weight excluding hydrogens is 204 g/mol. The van der Waals surface area contributed by atoms with Crippen molar-refractivity contribution in [1.82, 2.24) is 20.6 Å². The zero-order chi connectivity index (χ0) is 11.1. The van der Waals surface area contributed by atoms with Crippen LogP contribution in [0.4, 0.5) is 0 Å². The molecule has 0 spiro atoms. The van der Waals surface area contributed by atoms with Gasteiger partial charge in [-0.2, -0.15) is 0 Å². The van der Waals surface area contributed by atoms with E-state index >= 15 is 0 Å². The van der Waals surface area contributed by atoms with Crippen molar-refractivity contribution < 1.29 is 0 Å². The van der Waals surface area contributed by atoms with Gasteiger partial charge in [0.1, 0.15) is 5.82 Å². The summed E-state index contributed by atoms with van der Waals surface area (Å²) in [4.78, 5) is 19.5. The van der Waals surface area contributed by atoms with Gasteiger partial charge in [0.2, 0.25) is 0 Å². The summed E-state index contributed by atoms with van der Waals surface area (Å²) in [6, 6.07) is 0.127. The van der Waals surface area contributed by atoms with Crippen LogP contribution in [0.15, 0.2) is 4.79 Å². The second kappa shape index (κ2) is 3.68. The lowest BCUT2D eigenvalue weighted by molar-refractivity contribution is 0.629. The van der Waals surface area contributed by atoms with Gasteiger partial charge >= 0.3 is 0 Å². The molecule has 3 heterocycles. The van der Waals surface area contributed by atoms with Crippen LogP contribution >= 0.6 is 0 Å². The first-order valence-electron chi connectivity index (χ1n) is 5.83. The van der Waals surface area contributed by atoms with Crippen molar-refractivity contribution in [2.45, 2.75) is 31.8 Å². The van der Waals surface area contributed by atoms with Crippen LogP contribution in [-0.4, -0.2) is 23.1 Å². The maximum atomic E-state index is 11.9. The van der Waals surface area contributed by atoms with E-state index in [0.29, 0.717) is 12.5 Å². The summed E-state index contributed by atoms with van der Waals surface area (Å²) in [6.07, 6.45) is 1.06. The molecule has 1 fully saturated rings. The third-order valence-corrected chi connectivity index (χ3v) is 3.51. The molecule has 0 bridgehead atoms. The van der Waals surface area contributed by atoms with Crippen LogP contribution in [0.25, 0.3) is 0 Å². The molecule has 0 aromatic carbocycles. The lowest BCUT2D eigenvalue weighted by Crippen LogP contribution is -2.21.